The van der Waals surface area contributed by atoms with Crippen LogP contribution in [0.15, 0.2) is 30.3 Å². The minimum atomic E-state index is -1.16. The fourth-order valence-corrected chi connectivity index (χ4v) is 3.49. The second-order valence-electron chi connectivity index (χ2n) is 7.95. The number of amides is 1. The second kappa shape index (κ2) is 9.76. The summed E-state index contributed by atoms with van der Waals surface area (Å²) in [5.74, 6) is -3.03. The summed E-state index contributed by atoms with van der Waals surface area (Å²) in [7, 11) is 0. The van der Waals surface area contributed by atoms with Gasteiger partial charge >= 0.3 is 18.0 Å². The SMILES string of the molecule is CCOC(=O)C(C(=O)OCC)C(c1ccccc1)C1CCN1C(=O)OC(C)(C)C. The van der Waals surface area contributed by atoms with E-state index < -0.39 is 35.5 Å². The standard InChI is InChI=1S/C22H31NO6/c1-6-27-19(24)18(20(25)28-7-2)17(15-11-9-8-10-12-15)16-13-14-23(16)21(26)29-22(3,4)5/h8-12,16-18H,6-7,13-14H2,1-5H3. The molecule has 0 aromatic heterocycles. The minimum absolute atomic E-state index is 0.149. The number of ether oxygens (including phenoxy) is 3. The van der Waals surface area contributed by atoms with Gasteiger partial charge in [0.05, 0.1) is 13.2 Å². The van der Waals surface area contributed by atoms with Gasteiger partial charge in [0.25, 0.3) is 0 Å². The molecular weight excluding hydrogens is 374 g/mol. The smallest absolute Gasteiger partial charge is 0.410 e. The Morgan fingerprint density at radius 3 is 2.00 bits per heavy atom. The van der Waals surface area contributed by atoms with E-state index in [9.17, 15) is 14.4 Å². The van der Waals surface area contributed by atoms with Gasteiger partial charge in [-0.25, -0.2) is 4.79 Å². The molecule has 29 heavy (non-hydrogen) atoms. The van der Waals surface area contributed by atoms with Gasteiger partial charge in [-0.1, -0.05) is 30.3 Å². The van der Waals surface area contributed by atoms with Crippen molar-refractivity contribution in [3.8, 4) is 0 Å². The van der Waals surface area contributed by atoms with Crippen molar-refractivity contribution in [3.05, 3.63) is 35.9 Å². The zero-order valence-electron chi connectivity index (χ0n) is 17.8. The molecule has 1 aromatic rings. The highest BCUT2D eigenvalue weighted by Crippen LogP contribution is 2.39. The van der Waals surface area contributed by atoms with Gasteiger partial charge in [-0.05, 0) is 46.6 Å². The molecule has 1 saturated heterocycles. The molecule has 1 fully saturated rings. The zero-order valence-corrected chi connectivity index (χ0v) is 17.8. The molecule has 1 aliphatic heterocycles. The molecule has 2 unspecified atom stereocenters. The highest BCUT2D eigenvalue weighted by Gasteiger charge is 2.49. The Balaban J connectivity index is 2.41. The molecule has 7 heteroatoms. The van der Waals surface area contributed by atoms with Crippen molar-refractivity contribution >= 4 is 18.0 Å². The van der Waals surface area contributed by atoms with E-state index in [0.29, 0.717) is 13.0 Å². The predicted molar refractivity (Wildman–Crippen MR) is 107 cm³/mol. The molecule has 2 atom stereocenters. The van der Waals surface area contributed by atoms with Crippen molar-refractivity contribution in [1.29, 1.82) is 0 Å². The van der Waals surface area contributed by atoms with Crippen molar-refractivity contribution in [2.24, 2.45) is 5.92 Å². The largest absolute Gasteiger partial charge is 0.465 e. The summed E-state index contributed by atoms with van der Waals surface area (Å²) in [6.45, 7) is 9.58. The fourth-order valence-electron chi connectivity index (χ4n) is 3.49. The summed E-state index contributed by atoms with van der Waals surface area (Å²) >= 11 is 0. The quantitative estimate of drug-likeness (QED) is 0.392. The summed E-state index contributed by atoms with van der Waals surface area (Å²) in [4.78, 5) is 39.8. The molecule has 1 amide bonds. The molecule has 0 saturated carbocycles. The highest BCUT2D eigenvalue weighted by atomic mass is 16.6. The van der Waals surface area contributed by atoms with E-state index in [2.05, 4.69) is 0 Å². The van der Waals surface area contributed by atoms with Gasteiger partial charge in [0, 0.05) is 18.5 Å². The van der Waals surface area contributed by atoms with Gasteiger partial charge in [0.2, 0.25) is 0 Å². The average molecular weight is 405 g/mol. The fraction of sp³-hybridized carbons (Fsp3) is 0.591. The van der Waals surface area contributed by atoms with Crippen LogP contribution in [0.1, 0.15) is 52.5 Å². The molecule has 7 nitrogen and oxygen atoms in total. The summed E-state index contributed by atoms with van der Waals surface area (Å²) in [6.07, 6.45) is 0.190. The molecule has 160 valence electrons. The van der Waals surface area contributed by atoms with Crippen LogP contribution < -0.4 is 0 Å². The van der Waals surface area contributed by atoms with Crippen LogP contribution >= 0.6 is 0 Å². The third kappa shape index (κ3) is 5.71. The van der Waals surface area contributed by atoms with Crippen LogP contribution in [-0.2, 0) is 23.8 Å². The van der Waals surface area contributed by atoms with Crippen molar-refractivity contribution in [2.45, 2.75) is 58.6 Å². The van der Waals surface area contributed by atoms with E-state index in [1.165, 1.54) is 0 Å². The molecule has 0 spiro atoms. The summed E-state index contributed by atoms with van der Waals surface area (Å²) in [5, 5.41) is 0. The Morgan fingerprint density at radius 2 is 1.59 bits per heavy atom. The maximum absolute atomic E-state index is 12.8. The summed E-state index contributed by atoms with van der Waals surface area (Å²) in [6, 6.07) is 8.87. The lowest BCUT2D eigenvalue weighted by atomic mass is 9.75. The number of esters is 2. The number of carbonyl (C=O) groups excluding carboxylic acids is 3. The summed E-state index contributed by atoms with van der Waals surface area (Å²) in [5.41, 5.74) is 0.137. The van der Waals surface area contributed by atoms with Crippen molar-refractivity contribution in [3.63, 3.8) is 0 Å². The molecule has 0 N–H and O–H groups in total. The second-order valence-corrected chi connectivity index (χ2v) is 7.95. The Morgan fingerprint density at radius 1 is 1.03 bits per heavy atom. The van der Waals surface area contributed by atoms with Crippen molar-refractivity contribution < 1.29 is 28.6 Å². The molecule has 1 aromatic carbocycles. The average Bonchev–Trinajstić information content (AvgIpc) is 2.59. The topological polar surface area (TPSA) is 82.1 Å². The van der Waals surface area contributed by atoms with Gasteiger partial charge in [-0.15, -0.1) is 0 Å². The van der Waals surface area contributed by atoms with E-state index >= 15 is 0 Å². The maximum Gasteiger partial charge on any atom is 0.410 e. The highest BCUT2D eigenvalue weighted by molar-refractivity contribution is 5.96. The van der Waals surface area contributed by atoms with E-state index in [-0.39, 0.29) is 19.3 Å². The van der Waals surface area contributed by atoms with Gasteiger partial charge in [-0.2, -0.15) is 0 Å². The third-order valence-corrected chi connectivity index (χ3v) is 4.73. The lowest BCUT2D eigenvalue weighted by molar-refractivity contribution is -0.164. The first-order valence-corrected chi connectivity index (χ1v) is 10.1. The molecular formula is C22H31NO6. The van der Waals surface area contributed by atoms with Gasteiger partial charge < -0.3 is 19.1 Å². The molecule has 1 aliphatic rings. The molecule has 1 heterocycles. The zero-order chi connectivity index (χ0) is 21.6. The van der Waals surface area contributed by atoms with Crippen molar-refractivity contribution in [2.75, 3.05) is 19.8 Å². The number of benzene rings is 1. The van der Waals surface area contributed by atoms with Crippen LogP contribution in [-0.4, -0.2) is 54.3 Å². The maximum atomic E-state index is 12.8. The first-order chi connectivity index (χ1) is 13.7. The van der Waals surface area contributed by atoms with E-state index in [1.807, 2.05) is 30.3 Å². The number of likely N-dealkylation sites (tertiary alicyclic amines) is 1. The van der Waals surface area contributed by atoms with Crippen molar-refractivity contribution in [1.82, 2.24) is 4.90 Å². The van der Waals surface area contributed by atoms with Crippen LogP contribution in [0.2, 0.25) is 0 Å². The lowest BCUT2D eigenvalue weighted by Crippen LogP contribution is -2.57. The Bertz CT molecular complexity index is 694. The Kier molecular flexibility index (Phi) is 7.65. The molecule has 2 rings (SSSR count). The number of hydrogen-bond donors (Lipinski definition) is 0. The van der Waals surface area contributed by atoms with E-state index in [4.69, 9.17) is 14.2 Å². The first kappa shape index (κ1) is 22.7. The number of hydrogen-bond acceptors (Lipinski definition) is 6. The number of nitrogens with zero attached hydrogens (tertiary/aromatic N) is 1. The number of carbonyl (C=O) groups is 3. The monoisotopic (exact) mass is 405 g/mol. The van der Waals surface area contributed by atoms with Gasteiger partial charge in [-0.3, -0.25) is 9.59 Å². The minimum Gasteiger partial charge on any atom is -0.465 e. The summed E-state index contributed by atoms with van der Waals surface area (Å²) < 4.78 is 15.9. The third-order valence-electron chi connectivity index (χ3n) is 4.73. The molecule has 0 radical (unpaired) electrons. The molecule has 0 aliphatic carbocycles. The predicted octanol–water partition coefficient (Wildman–Crippen LogP) is 3.52. The van der Waals surface area contributed by atoms with Crippen LogP contribution in [0.3, 0.4) is 0 Å². The molecule has 0 bridgehead atoms. The Hall–Kier alpha value is -2.57. The van der Waals surface area contributed by atoms with E-state index in [0.717, 1.165) is 5.56 Å². The first-order valence-electron chi connectivity index (χ1n) is 10.1. The van der Waals surface area contributed by atoms with Crippen LogP contribution in [0.25, 0.3) is 0 Å². The normalized spacial score (nSPS) is 17.3. The van der Waals surface area contributed by atoms with Gasteiger partial charge in [0.15, 0.2) is 5.92 Å². The van der Waals surface area contributed by atoms with Crippen LogP contribution in [0.5, 0.6) is 0 Å². The van der Waals surface area contributed by atoms with Crippen LogP contribution in [0.4, 0.5) is 4.79 Å². The van der Waals surface area contributed by atoms with Gasteiger partial charge in [0.1, 0.15) is 5.60 Å². The van der Waals surface area contributed by atoms with E-state index in [1.54, 1.807) is 39.5 Å². The number of rotatable bonds is 7. The lowest BCUT2D eigenvalue weighted by Gasteiger charge is -2.46. The van der Waals surface area contributed by atoms with Crippen LogP contribution in [0, 0.1) is 5.92 Å². The Labute approximate surface area is 172 Å².